The van der Waals surface area contributed by atoms with Crippen molar-refractivity contribution in [2.45, 2.75) is 32.4 Å². The Balaban J connectivity index is 2.91. The highest BCUT2D eigenvalue weighted by molar-refractivity contribution is 6.34. The van der Waals surface area contributed by atoms with Crippen molar-refractivity contribution in [1.82, 2.24) is 10.3 Å². The molecule has 0 fully saturated rings. The first kappa shape index (κ1) is 14.2. The molecule has 17 heavy (non-hydrogen) atoms. The molecule has 0 spiro atoms. The summed E-state index contributed by atoms with van der Waals surface area (Å²) in [6.45, 7) is 5.03. The number of amides is 1. The zero-order valence-electron chi connectivity index (χ0n) is 9.79. The number of nitrogens with one attached hydrogen (secondary N) is 1. The van der Waals surface area contributed by atoms with Gasteiger partial charge < -0.3 is 10.4 Å². The summed E-state index contributed by atoms with van der Waals surface area (Å²) in [6.07, 6.45) is -0.689. The quantitative estimate of drug-likeness (QED) is 0.833. The van der Waals surface area contributed by atoms with Gasteiger partial charge in [0.05, 0.1) is 17.2 Å². The normalized spacial score (nSPS) is 13.3. The minimum Gasteiger partial charge on any atom is -0.391 e. The maximum Gasteiger partial charge on any atom is 0.254 e. The summed E-state index contributed by atoms with van der Waals surface area (Å²) in [5, 5.41) is 12.4. The van der Waals surface area contributed by atoms with Crippen molar-refractivity contribution in [1.29, 1.82) is 0 Å². The van der Waals surface area contributed by atoms with Gasteiger partial charge in [0.15, 0.2) is 0 Å². The molecule has 1 unspecified atom stereocenters. The van der Waals surface area contributed by atoms with Crippen molar-refractivity contribution in [2.24, 2.45) is 0 Å². The maximum atomic E-state index is 11.9. The minimum atomic E-state index is -0.750. The van der Waals surface area contributed by atoms with Crippen LogP contribution in [-0.2, 0) is 0 Å². The molecule has 94 valence electrons. The van der Waals surface area contributed by atoms with Crippen LogP contribution in [0.2, 0.25) is 10.3 Å². The summed E-state index contributed by atoms with van der Waals surface area (Å²) in [6, 6.07) is 2.98. The van der Waals surface area contributed by atoms with Gasteiger partial charge in [-0.05, 0) is 32.9 Å². The van der Waals surface area contributed by atoms with Gasteiger partial charge in [-0.15, -0.1) is 0 Å². The Hall–Kier alpha value is -0.840. The van der Waals surface area contributed by atoms with E-state index in [2.05, 4.69) is 10.3 Å². The van der Waals surface area contributed by atoms with E-state index in [1.165, 1.54) is 12.1 Å². The molecule has 0 radical (unpaired) electrons. The average molecular weight is 277 g/mol. The summed E-state index contributed by atoms with van der Waals surface area (Å²) in [4.78, 5) is 15.7. The fourth-order valence-electron chi connectivity index (χ4n) is 1.05. The molecular formula is C11H14Cl2N2O2. The van der Waals surface area contributed by atoms with Gasteiger partial charge in [0.1, 0.15) is 10.3 Å². The van der Waals surface area contributed by atoms with Crippen LogP contribution in [0.15, 0.2) is 12.1 Å². The summed E-state index contributed by atoms with van der Waals surface area (Å²) >= 11 is 11.5. The molecule has 0 saturated heterocycles. The summed E-state index contributed by atoms with van der Waals surface area (Å²) < 4.78 is 0. The predicted octanol–water partition coefficient (Wildman–Crippen LogP) is 2.28. The van der Waals surface area contributed by atoms with Crippen LogP contribution in [0, 0.1) is 0 Å². The largest absolute Gasteiger partial charge is 0.391 e. The number of hydrogen-bond acceptors (Lipinski definition) is 3. The van der Waals surface area contributed by atoms with E-state index in [0.717, 1.165) is 0 Å². The molecule has 6 heteroatoms. The van der Waals surface area contributed by atoms with E-state index in [-0.39, 0.29) is 15.9 Å². The number of aromatic nitrogens is 1. The van der Waals surface area contributed by atoms with E-state index in [1.807, 2.05) is 0 Å². The van der Waals surface area contributed by atoms with E-state index < -0.39 is 17.6 Å². The molecule has 0 aliphatic rings. The van der Waals surface area contributed by atoms with Crippen LogP contribution in [0.3, 0.4) is 0 Å². The van der Waals surface area contributed by atoms with Crippen LogP contribution in [0.5, 0.6) is 0 Å². The van der Waals surface area contributed by atoms with Crippen LogP contribution >= 0.6 is 23.2 Å². The fourth-order valence-corrected chi connectivity index (χ4v) is 1.48. The maximum absolute atomic E-state index is 11.9. The highest BCUT2D eigenvalue weighted by atomic mass is 35.5. The molecule has 1 aromatic rings. The number of carbonyl (C=O) groups excluding carboxylic acids is 1. The Labute approximate surface area is 110 Å². The Morgan fingerprint density at radius 1 is 1.47 bits per heavy atom. The second kappa shape index (κ2) is 5.21. The minimum absolute atomic E-state index is 0.0383. The van der Waals surface area contributed by atoms with E-state index in [0.29, 0.717) is 0 Å². The molecule has 1 aromatic heterocycles. The third-order valence-electron chi connectivity index (χ3n) is 2.54. The average Bonchev–Trinajstić information content (AvgIpc) is 2.15. The smallest absolute Gasteiger partial charge is 0.254 e. The van der Waals surface area contributed by atoms with Crippen molar-refractivity contribution in [3.05, 3.63) is 28.0 Å². The molecule has 1 amide bonds. The number of pyridine rings is 1. The second-order valence-electron chi connectivity index (χ2n) is 4.32. The topological polar surface area (TPSA) is 62.2 Å². The number of halogens is 2. The van der Waals surface area contributed by atoms with Crippen LogP contribution in [0.1, 0.15) is 31.1 Å². The van der Waals surface area contributed by atoms with E-state index in [4.69, 9.17) is 23.2 Å². The lowest BCUT2D eigenvalue weighted by Crippen LogP contribution is -2.51. The van der Waals surface area contributed by atoms with Crippen molar-refractivity contribution in [3.63, 3.8) is 0 Å². The first-order valence-corrected chi connectivity index (χ1v) is 5.82. The third-order valence-corrected chi connectivity index (χ3v) is 3.04. The predicted molar refractivity (Wildman–Crippen MR) is 67.5 cm³/mol. The fraction of sp³-hybridized carbons (Fsp3) is 0.455. The number of carbonyl (C=O) groups is 1. The molecule has 2 N–H and O–H groups in total. The lowest BCUT2D eigenvalue weighted by molar-refractivity contribution is 0.0709. The van der Waals surface area contributed by atoms with Crippen molar-refractivity contribution < 1.29 is 9.90 Å². The molecule has 0 aliphatic heterocycles. The van der Waals surface area contributed by atoms with Gasteiger partial charge in [-0.2, -0.15) is 0 Å². The van der Waals surface area contributed by atoms with Gasteiger partial charge >= 0.3 is 0 Å². The van der Waals surface area contributed by atoms with Gasteiger partial charge in [-0.1, -0.05) is 23.2 Å². The van der Waals surface area contributed by atoms with Crippen molar-refractivity contribution in [2.75, 3.05) is 0 Å². The Bertz CT molecular complexity index is 433. The van der Waals surface area contributed by atoms with Crippen LogP contribution in [0.25, 0.3) is 0 Å². The van der Waals surface area contributed by atoms with Gasteiger partial charge in [-0.25, -0.2) is 4.98 Å². The number of rotatable bonds is 3. The van der Waals surface area contributed by atoms with Crippen LogP contribution in [-0.4, -0.2) is 27.6 Å². The second-order valence-corrected chi connectivity index (χ2v) is 5.07. The number of aliphatic hydroxyl groups excluding tert-OH is 1. The van der Waals surface area contributed by atoms with Crippen molar-refractivity contribution >= 4 is 29.1 Å². The van der Waals surface area contributed by atoms with Crippen LogP contribution < -0.4 is 5.32 Å². The number of nitrogens with zero attached hydrogens (tertiary/aromatic N) is 1. The summed E-state index contributed by atoms with van der Waals surface area (Å²) in [5.74, 6) is -0.398. The van der Waals surface area contributed by atoms with E-state index in [1.54, 1.807) is 20.8 Å². The Morgan fingerprint density at radius 2 is 2.06 bits per heavy atom. The Kier molecular flexibility index (Phi) is 4.36. The zero-order chi connectivity index (χ0) is 13.2. The molecule has 0 aliphatic carbocycles. The lowest BCUT2D eigenvalue weighted by atomic mass is 9.98. The third kappa shape index (κ3) is 3.56. The van der Waals surface area contributed by atoms with Gasteiger partial charge in [-0.3, -0.25) is 4.79 Å². The Morgan fingerprint density at radius 3 is 2.53 bits per heavy atom. The number of aliphatic hydroxyl groups is 1. The molecule has 1 rings (SSSR count). The number of hydrogen-bond donors (Lipinski definition) is 2. The molecule has 0 bridgehead atoms. The lowest BCUT2D eigenvalue weighted by Gasteiger charge is -2.29. The first-order chi connectivity index (χ1) is 7.74. The van der Waals surface area contributed by atoms with E-state index >= 15 is 0 Å². The summed E-state index contributed by atoms with van der Waals surface area (Å²) in [7, 11) is 0. The zero-order valence-corrected chi connectivity index (χ0v) is 11.3. The highest BCUT2D eigenvalue weighted by Gasteiger charge is 2.27. The standard InChI is InChI=1S/C11H14Cl2N2O2/c1-6(16)11(2,3)15-10(17)7-4-5-8(12)14-9(7)13/h4-6,16H,1-3H3,(H,15,17). The first-order valence-electron chi connectivity index (χ1n) is 5.06. The van der Waals surface area contributed by atoms with Crippen molar-refractivity contribution in [3.8, 4) is 0 Å². The van der Waals surface area contributed by atoms with Gasteiger partial charge in [0.25, 0.3) is 5.91 Å². The van der Waals surface area contributed by atoms with E-state index in [9.17, 15) is 9.90 Å². The van der Waals surface area contributed by atoms with Crippen LogP contribution in [0.4, 0.5) is 0 Å². The molecule has 0 saturated carbocycles. The molecular weight excluding hydrogens is 263 g/mol. The molecule has 0 aromatic carbocycles. The van der Waals surface area contributed by atoms with Gasteiger partial charge in [0, 0.05) is 0 Å². The molecule has 1 heterocycles. The monoisotopic (exact) mass is 276 g/mol. The SMILES string of the molecule is CC(O)C(C)(C)NC(=O)c1ccc(Cl)nc1Cl. The highest BCUT2D eigenvalue weighted by Crippen LogP contribution is 2.18. The molecule has 1 atom stereocenters. The molecule has 4 nitrogen and oxygen atoms in total. The summed E-state index contributed by atoms with van der Waals surface area (Å²) in [5.41, 5.74) is -0.523. The van der Waals surface area contributed by atoms with Gasteiger partial charge in [0.2, 0.25) is 0 Å².